The standard InChI is InChI=1S/C16H24N2O3/c1-18-11-5-4-6-12(18)10-16(19,9-11)13-7-8-14(20-2)17-15(13)21-3/h7-8,11-12,19H,4-6,9-10H2,1-3H3. The first kappa shape index (κ1) is 14.6. The van der Waals surface area contributed by atoms with E-state index in [2.05, 4.69) is 16.9 Å². The van der Waals surface area contributed by atoms with Crippen molar-refractivity contribution in [3.63, 3.8) is 0 Å². The molecule has 21 heavy (non-hydrogen) atoms. The minimum Gasteiger partial charge on any atom is -0.481 e. The normalized spacial score (nSPS) is 32.8. The van der Waals surface area contributed by atoms with E-state index in [-0.39, 0.29) is 0 Å². The molecule has 2 fully saturated rings. The molecule has 3 rings (SSSR count). The predicted molar refractivity (Wildman–Crippen MR) is 79.7 cm³/mol. The van der Waals surface area contributed by atoms with Crippen LogP contribution in [0.15, 0.2) is 12.1 Å². The Morgan fingerprint density at radius 3 is 2.43 bits per heavy atom. The summed E-state index contributed by atoms with van der Waals surface area (Å²) in [5.74, 6) is 0.979. The Morgan fingerprint density at radius 2 is 1.86 bits per heavy atom. The topological polar surface area (TPSA) is 54.8 Å². The number of fused-ring (bicyclic) bond motifs is 2. The Hall–Kier alpha value is -1.33. The summed E-state index contributed by atoms with van der Waals surface area (Å²) in [6, 6.07) is 4.57. The molecule has 0 spiro atoms. The Bertz CT molecular complexity index is 506. The van der Waals surface area contributed by atoms with Crippen LogP contribution in [0.5, 0.6) is 11.8 Å². The van der Waals surface area contributed by atoms with Crippen LogP contribution in [-0.4, -0.2) is 48.3 Å². The van der Waals surface area contributed by atoms with E-state index in [0.29, 0.717) is 23.8 Å². The zero-order valence-corrected chi connectivity index (χ0v) is 13.0. The molecule has 2 aliphatic rings. The molecule has 0 amide bonds. The first-order valence-electron chi connectivity index (χ1n) is 7.61. The van der Waals surface area contributed by atoms with Crippen molar-refractivity contribution < 1.29 is 14.6 Å². The maximum absolute atomic E-state index is 11.3. The van der Waals surface area contributed by atoms with Gasteiger partial charge in [0.05, 0.1) is 19.8 Å². The Morgan fingerprint density at radius 1 is 1.19 bits per heavy atom. The van der Waals surface area contributed by atoms with E-state index in [1.54, 1.807) is 20.3 Å². The highest BCUT2D eigenvalue weighted by Gasteiger charge is 2.46. The monoisotopic (exact) mass is 292 g/mol. The molecule has 5 nitrogen and oxygen atoms in total. The average Bonchev–Trinajstić information content (AvgIpc) is 2.48. The Balaban J connectivity index is 1.95. The number of aliphatic hydroxyl groups is 1. The Labute approximate surface area is 125 Å². The molecule has 0 radical (unpaired) electrons. The Kier molecular flexibility index (Phi) is 3.80. The molecule has 5 heteroatoms. The lowest BCUT2D eigenvalue weighted by atomic mass is 9.73. The van der Waals surface area contributed by atoms with Gasteiger partial charge in [0.1, 0.15) is 0 Å². The van der Waals surface area contributed by atoms with E-state index in [9.17, 15) is 5.11 Å². The van der Waals surface area contributed by atoms with Crippen molar-refractivity contribution in [1.82, 2.24) is 9.88 Å². The second kappa shape index (κ2) is 5.46. The number of methoxy groups -OCH3 is 2. The van der Waals surface area contributed by atoms with Crippen LogP contribution in [0, 0.1) is 0 Å². The molecule has 2 bridgehead atoms. The fourth-order valence-electron chi connectivity index (χ4n) is 3.92. The van der Waals surface area contributed by atoms with Gasteiger partial charge < -0.3 is 19.5 Å². The molecule has 0 aromatic carbocycles. The summed E-state index contributed by atoms with van der Waals surface area (Å²) < 4.78 is 10.5. The van der Waals surface area contributed by atoms with Crippen LogP contribution >= 0.6 is 0 Å². The summed E-state index contributed by atoms with van der Waals surface area (Å²) in [5.41, 5.74) is -0.0665. The molecule has 0 saturated carbocycles. The minimum atomic E-state index is -0.854. The van der Waals surface area contributed by atoms with Crippen LogP contribution in [-0.2, 0) is 5.60 Å². The fourth-order valence-corrected chi connectivity index (χ4v) is 3.92. The second-order valence-corrected chi connectivity index (χ2v) is 6.25. The quantitative estimate of drug-likeness (QED) is 0.922. The van der Waals surface area contributed by atoms with Gasteiger partial charge in [-0.25, -0.2) is 0 Å². The van der Waals surface area contributed by atoms with Crippen molar-refractivity contribution in [2.45, 2.75) is 49.8 Å². The van der Waals surface area contributed by atoms with Gasteiger partial charge in [-0.05, 0) is 38.8 Å². The van der Waals surface area contributed by atoms with Crippen LogP contribution in [0.25, 0.3) is 0 Å². The first-order chi connectivity index (χ1) is 10.1. The third kappa shape index (κ3) is 2.49. The van der Waals surface area contributed by atoms with Gasteiger partial charge in [0.15, 0.2) is 0 Å². The van der Waals surface area contributed by atoms with E-state index in [1.807, 2.05) is 6.07 Å². The molecule has 2 aliphatic heterocycles. The molecule has 1 aromatic heterocycles. The van der Waals surface area contributed by atoms with Crippen molar-refractivity contribution in [1.29, 1.82) is 0 Å². The van der Waals surface area contributed by atoms with E-state index >= 15 is 0 Å². The highest BCUT2D eigenvalue weighted by molar-refractivity contribution is 5.36. The molecule has 3 heterocycles. The number of aromatic nitrogens is 1. The van der Waals surface area contributed by atoms with Gasteiger partial charge in [-0.2, -0.15) is 4.98 Å². The van der Waals surface area contributed by atoms with Gasteiger partial charge in [-0.1, -0.05) is 6.42 Å². The van der Waals surface area contributed by atoms with E-state index < -0.39 is 5.60 Å². The van der Waals surface area contributed by atoms with Crippen LogP contribution < -0.4 is 9.47 Å². The number of piperidine rings is 2. The molecular formula is C16H24N2O3. The van der Waals surface area contributed by atoms with Crippen molar-refractivity contribution in [2.75, 3.05) is 21.3 Å². The molecule has 2 atom stereocenters. The van der Waals surface area contributed by atoms with Crippen LogP contribution in [0.3, 0.4) is 0 Å². The van der Waals surface area contributed by atoms with E-state index in [0.717, 1.165) is 31.2 Å². The number of nitrogens with zero attached hydrogens (tertiary/aromatic N) is 2. The number of hydrogen-bond acceptors (Lipinski definition) is 5. The van der Waals surface area contributed by atoms with Crippen LogP contribution in [0.4, 0.5) is 0 Å². The number of rotatable bonds is 3. The molecule has 116 valence electrons. The number of ether oxygens (including phenoxy) is 2. The largest absolute Gasteiger partial charge is 0.481 e. The highest BCUT2D eigenvalue weighted by atomic mass is 16.5. The van der Waals surface area contributed by atoms with E-state index in [4.69, 9.17) is 9.47 Å². The average molecular weight is 292 g/mol. The van der Waals surface area contributed by atoms with Gasteiger partial charge in [0.25, 0.3) is 0 Å². The maximum Gasteiger partial charge on any atom is 0.222 e. The van der Waals surface area contributed by atoms with Crippen molar-refractivity contribution in [2.24, 2.45) is 0 Å². The maximum atomic E-state index is 11.3. The molecule has 2 saturated heterocycles. The molecule has 2 unspecified atom stereocenters. The molecular weight excluding hydrogens is 268 g/mol. The lowest BCUT2D eigenvalue weighted by Gasteiger charge is -2.50. The minimum absolute atomic E-state index is 0.439. The van der Waals surface area contributed by atoms with Crippen molar-refractivity contribution >= 4 is 0 Å². The van der Waals surface area contributed by atoms with Gasteiger partial charge in [-0.15, -0.1) is 0 Å². The predicted octanol–water partition coefficient (Wildman–Crippen LogP) is 1.93. The van der Waals surface area contributed by atoms with Gasteiger partial charge in [-0.3, -0.25) is 0 Å². The lowest BCUT2D eigenvalue weighted by molar-refractivity contribution is -0.0886. The zero-order chi connectivity index (χ0) is 15.0. The zero-order valence-electron chi connectivity index (χ0n) is 13.0. The third-order valence-corrected chi connectivity index (χ3v) is 5.11. The lowest BCUT2D eigenvalue weighted by Crippen LogP contribution is -2.55. The van der Waals surface area contributed by atoms with Crippen molar-refractivity contribution in [3.05, 3.63) is 17.7 Å². The fraction of sp³-hybridized carbons (Fsp3) is 0.688. The van der Waals surface area contributed by atoms with Gasteiger partial charge in [0.2, 0.25) is 11.8 Å². The molecule has 1 aromatic rings. The summed E-state index contributed by atoms with van der Waals surface area (Å²) in [5, 5.41) is 11.3. The third-order valence-electron chi connectivity index (χ3n) is 5.11. The summed E-state index contributed by atoms with van der Waals surface area (Å²) in [6.45, 7) is 0. The summed E-state index contributed by atoms with van der Waals surface area (Å²) in [4.78, 5) is 6.76. The summed E-state index contributed by atoms with van der Waals surface area (Å²) >= 11 is 0. The van der Waals surface area contributed by atoms with Crippen LogP contribution in [0.2, 0.25) is 0 Å². The smallest absolute Gasteiger partial charge is 0.222 e. The number of pyridine rings is 1. The van der Waals surface area contributed by atoms with Gasteiger partial charge >= 0.3 is 0 Å². The second-order valence-electron chi connectivity index (χ2n) is 6.25. The van der Waals surface area contributed by atoms with Crippen molar-refractivity contribution in [3.8, 4) is 11.8 Å². The SMILES string of the molecule is COc1ccc(C2(O)CC3CCCC(C2)N3C)c(OC)n1. The van der Waals surface area contributed by atoms with E-state index in [1.165, 1.54) is 6.42 Å². The van der Waals surface area contributed by atoms with Gasteiger partial charge in [0, 0.05) is 23.7 Å². The summed E-state index contributed by atoms with van der Waals surface area (Å²) in [6.07, 6.45) is 5.05. The number of hydrogen-bond donors (Lipinski definition) is 1. The highest BCUT2D eigenvalue weighted by Crippen LogP contribution is 2.45. The first-order valence-corrected chi connectivity index (χ1v) is 7.61. The van der Waals surface area contributed by atoms with Crippen LogP contribution in [0.1, 0.15) is 37.7 Å². The molecule has 0 aliphatic carbocycles. The molecule has 1 N–H and O–H groups in total. The summed E-state index contributed by atoms with van der Waals surface area (Å²) in [7, 11) is 5.35.